The molecule has 0 nitrogen and oxygen atoms in total. The van der Waals surface area contributed by atoms with Gasteiger partial charge in [-0.25, -0.2) is 0 Å². The van der Waals surface area contributed by atoms with Crippen molar-refractivity contribution in [3.63, 3.8) is 0 Å². The summed E-state index contributed by atoms with van der Waals surface area (Å²) in [5, 5.41) is 0. The normalized spacial score (nSPS) is 15.9. The molecule has 5 rings (SSSR count). The number of thiophene rings is 1. The molecule has 0 spiro atoms. The number of benzene rings is 2. The molecule has 194 valence electrons. The van der Waals surface area contributed by atoms with Crippen molar-refractivity contribution in [3.8, 4) is 11.1 Å². The molecule has 2 aliphatic rings. The van der Waals surface area contributed by atoms with Crippen LogP contribution in [0.4, 0.5) is 0 Å². The molecule has 0 saturated carbocycles. The third-order valence-corrected chi connectivity index (χ3v) is 36.7. The summed E-state index contributed by atoms with van der Waals surface area (Å²) in [6.07, 6.45) is 10.7. The van der Waals surface area contributed by atoms with Crippen LogP contribution in [0.5, 0.6) is 0 Å². The van der Waals surface area contributed by atoms with Gasteiger partial charge in [0, 0.05) is 0 Å². The molecule has 2 aromatic carbocycles. The SMILES string of the molecule is C[C](c1ccc(C)s1)=[Hf]([CH3])([CH3])([c]1c(C(C)(C)C)ccc2c1Cc1cc(C(C)(C)C)ccc1-2)[CH]1C=CC=C1. The molecule has 1 aromatic heterocycles. The molecule has 37 heavy (non-hydrogen) atoms. The molecule has 0 radical (unpaired) electrons. The van der Waals surface area contributed by atoms with Crippen molar-refractivity contribution in [2.24, 2.45) is 0 Å². The van der Waals surface area contributed by atoms with Crippen molar-refractivity contribution in [1.29, 1.82) is 0 Å². The van der Waals surface area contributed by atoms with E-state index in [1.165, 1.54) is 32.0 Å². The van der Waals surface area contributed by atoms with Crippen LogP contribution < -0.4 is 3.32 Å². The molecular weight excluding hydrogens is 631 g/mol. The maximum atomic E-state index is 2.75. The number of rotatable bonds is 3. The summed E-state index contributed by atoms with van der Waals surface area (Å²) < 4.78 is 9.43. The van der Waals surface area contributed by atoms with E-state index in [9.17, 15) is 0 Å². The van der Waals surface area contributed by atoms with Crippen LogP contribution in [0.2, 0.25) is 13.0 Å². The first-order valence-electron chi connectivity index (χ1n) is 13.9. The Bertz CT molecular complexity index is 1520. The zero-order valence-electron chi connectivity index (χ0n) is 24.5. The van der Waals surface area contributed by atoms with Gasteiger partial charge in [-0.3, -0.25) is 0 Å². The minimum absolute atomic E-state index is 0.0803. The monoisotopic (exact) mass is 676 g/mol. The van der Waals surface area contributed by atoms with E-state index in [-0.39, 0.29) is 10.8 Å². The molecule has 2 heteroatoms. The Balaban J connectivity index is 1.91. The Morgan fingerprint density at radius 3 is 2.05 bits per heavy atom. The second-order valence-electron chi connectivity index (χ2n) is 14.4. The molecule has 0 unspecified atom stereocenters. The zero-order chi connectivity index (χ0) is 27.0. The number of aryl methyl sites for hydroxylation is 1. The predicted octanol–water partition coefficient (Wildman–Crippen LogP) is 9.79. The van der Waals surface area contributed by atoms with Gasteiger partial charge in [-0.15, -0.1) is 0 Å². The Morgan fingerprint density at radius 2 is 1.49 bits per heavy atom. The van der Waals surface area contributed by atoms with Crippen molar-refractivity contribution in [2.75, 3.05) is 0 Å². The Labute approximate surface area is 230 Å². The Morgan fingerprint density at radius 1 is 0.838 bits per heavy atom. The fourth-order valence-corrected chi connectivity index (χ4v) is 31.8. The minimum atomic E-state index is -4.08. The van der Waals surface area contributed by atoms with Crippen LogP contribution in [0.1, 0.15) is 80.5 Å². The standard InChI is InChI=1S/C21H25.C7H8S.C5H5.2CH3.Hf/c1-20(2,3)16-7-9-18-14(12-16)11-15-13-17(21(4,5)6)8-10-19(15)18;1-3-7-5-4-6(2)8-7;1-2-4-5-3-1;;;/h7-10,12H,11H2,1-6H3;4-5H,1-2H3;1-5H;2*1H3;. The van der Waals surface area contributed by atoms with Crippen molar-refractivity contribution in [2.45, 2.75) is 85.7 Å². The number of fused-ring (bicyclic) bond motifs is 3. The van der Waals surface area contributed by atoms with Crippen LogP contribution in [-0.2, 0) is 35.3 Å². The molecule has 0 bridgehead atoms. The van der Waals surface area contributed by atoms with Gasteiger partial charge in [0.25, 0.3) is 0 Å². The third-order valence-electron chi connectivity index (χ3n) is 9.53. The molecule has 0 fully saturated rings. The average molecular weight is 675 g/mol. The molecular formula is C35H44HfS. The Kier molecular flexibility index (Phi) is 6.32. The van der Waals surface area contributed by atoms with Gasteiger partial charge in [-0.2, -0.15) is 0 Å². The van der Waals surface area contributed by atoms with Crippen LogP contribution in [0.15, 0.2) is 66.8 Å². The summed E-state index contributed by atoms with van der Waals surface area (Å²) in [4.78, 5) is 2.90. The van der Waals surface area contributed by atoms with Crippen LogP contribution in [0.3, 0.4) is 0 Å². The molecule has 3 aromatic rings. The van der Waals surface area contributed by atoms with E-state index >= 15 is 0 Å². The van der Waals surface area contributed by atoms with Gasteiger partial charge >= 0.3 is 232 Å². The number of hydrogen-bond donors (Lipinski definition) is 0. The summed E-state index contributed by atoms with van der Waals surface area (Å²) in [7, 11) is 0. The molecule has 0 amide bonds. The van der Waals surface area contributed by atoms with Gasteiger partial charge in [0.05, 0.1) is 0 Å². The van der Waals surface area contributed by atoms with Crippen LogP contribution >= 0.6 is 11.3 Å². The molecule has 1 heterocycles. The second kappa shape index (κ2) is 8.68. The first-order valence-corrected chi connectivity index (χ1v) is 27.5. The van der Waals surface area contributed by atoms with E-state index in [0.29, 0.717) is 3.67 Å². The van der Waals surface area contributed by atoms with E-state index in [1.54, 1.807) is 17.7 Å². The number of allylic oxidation sites excluding steroid dienone is 4. The molecule has 0 aliphatic heterocycles. The fourth-order valence-electron chi connectivity index (χ4n) is 6.88. The first kappa shape index (κ1) is 26.9. The van der Waals surface area contributed by atoms with Gasteiger partial charge in [-0.05, 0) is 0 Å². The van der Waals surface area contributed by atoms with E-state index in [1.807, 2.05) is 11.3 Å². The van der Waals surface area contributed by atoms with Gasteiger partial charge in [0.15, 0.2) is 0 Å². The fraction of sp³-hybridized carbons (Fsp3) is 0.400. The molecule has 2 aliphatic carbocycles. The predicted molar refractivity (Wildman–Crippen MR) is 164 cm³/mol. The summed E-state index contributed by atoms with van der Waals surface area (Å²) in [6.45, 7) is 19.0. The molecule has 0 saturated heterocycles. The zero-order valence-corrected chi connectivity index (χ0v) is 29.0. The van der Waals surface area contributed by atoms with Gasteiger partial charge in [0.1, 0.15) is 0 Å². The average Bonchev–Trinajstić information content (AvgIpc) is 3.56. The summed E-state index contributed by atoms with van der Waals surface area (Å²) in [5.41, 5.74) is 9.30. The summed E-state index contributed by atoms with van der Waals surface area (Å²) in [5.74, 6) is 0. The van der Waals surface area contributed by atoms with Gasteiger partial charge in [0.2, 0.25) is 0 Å². The topological polar surface area (TPSA) is 0 Å². The third kappa shape index (κ3) is 4.22. The number of hydrogen-bond acceptors (Lipinski definition) is 1. The van der Waals surface area contributed by atoms with Crippen molar-refractivity contribution >= 4 is 17.9 Å². The summed E-state index contributed by atoms with van der Waals surface area (Å²) >= 11 is -2.10. The maximum absolute atomic E-state index is 4.08. The van der Waals surface area contributed by atoms with E-state index in [0.717, 1.165) is 6.42 Å². The van der Waals surface area contributed by atoms with Crippen molar-refractivity contribution in [3.05, 3.63) is 98.8 Å². The van der Waals surface area contributed by atoms with Crippen molar-refractivity contribution < 1.29 is 18.0 Å². The van der Waals surface area contributed by atoms with Gasteiger partial charge < -0.3 is 0 Å². The van der Waals surface area contributed by atoms with Crippen LogP contribution in [0, 0.1) is 6.92 Å². The van der Waals surface area contributed by atoms with E-state index < -0.39 is 18.0 Å². The molecule has 0 atom stereocenters. The van der Waals surface area contributed by atoms with Crippen LogP contribution in [0.25, 0.3) is 11.1 Å². The van der Waals surface area contributed by atoms with Crippen molar-refractivity contribution in [1.82, 2.24) is 0 Å². The quantitative estimate of drug-likeness (QED) is 0.190. The summed E-state index contributed by atoms with van der Waals surface area (Å²) in [6, 6.07) is 16.9. The second-order valence-corrected chi connectivity index (χ2v) is 40.5. The Hall–Kier alpha value is -1.64. The molecule has 0 N–H and O–H groups in total. The van der Waals surface area contributed by atoms with E-state index in [4.69, 9.17) is 0 Å². The van der Waals surface area contributed by atoms with Crippen LogP contribution in [-0.4, -0.2) is 3.26 Å². The van der Waals surface area contributed by atoms with E-state index in [2.05, 4.69) is 132 Å². The van der Waals surface area contributed by atoms with Gasteiger partial charge in [-0.1, -0.05) is 0 Å². The first-order chi connectivity index (χ1) is 17.1.